The van der Waals surface area contributed by atoms with Crippen LogP contribution in [0.2, 0.25) is 0 Å². The van der Waals surface area contributed by atoms with Gasteiger partial charge in [0.05, 0.1) is 49.0 Å². The van der Waals surface area contributed by atoms with Crippen LogP contribution in [0, 0.1) is 40.4 Å². The molecule has 8 rings (SSSR count). The number of aliphatic hydroxyl groups excluding tert-OH is 2. The van der Waals surface area contributed by atoms with Crippen LogP contribution in [0.4, 0.5) is 0 Å². The number of fused-ring (bicyclic) bond motifs is 5. The second-order valence-corrected chi connectivity index (χ2v) is 21.3. The van der Waals surface area contributed by atoms with Gasteiger partial charge in [0.1, 0.15) is 48.3 Å². The van der Waals surface area contributed by atoms with E-state index in [1.165, 1.54) is 27.2 Å². The average Bonchev–Trinajstić information content (AvgIpc) is 3.60. The summed E-state index contributed by atoms with van der Waals surface area (Å²) in [5.41, 5.74) is -2.24. The molecule has 17 heteroatoms. The van der Waals surface area contributed by atoms with Gasteiger partial charge in [-0.15, -0.1) is 0 Å². The van der Waals surface area contributed by atoms with Crippen molar-refractivity contribution in [2.24, 2.45) is 40.4 Å². The minimum atomic E-state index is -1.38. The van der Waals surface area contributed by atoms with Gasteiger partial charge in [0.2, 0.25) is 0 Å². The number of carbonyl (C=O) groups excluding carboxylic acids is 3. The zero-order chi connectivity index (χ0) is 49.6. The average molecular weight is 973 g/mol. The van der Waals surface area contributed by atoms with Crippen molar-refractivity contribution in [1.29, 1.82) is 0 Å². The number of rotatable bonds is 14. The van der Waals surface area contributed by atoms with Crippen LogP contribution in [0.15, 0.2) is 36.6 Å². The smallest absolute Gasteiger partial charge is 0.318 e. The third-order valence-electron chi connectivity index (χ3n) is 17.7. The van der Waals surface area contributed by atoms with E-state index in [0.29, 0.717) is 51.4 Å². The summed E-state index contributed by atoms with van der Waals surface area (Å²) in [7, 11) is 4.63. The lowest BCUT2D eigenvalue weighted by Crippen LogP contribution is -2.72. The fraction of sp³-hybridized carbons (Fsp3) is 0.788. The number of carbonyl (C=O) groups is 3. The second-order valence-electron chi connectivity index (χ2n) is 21.3. The lowest BCUT2D eigenvalue weighted by atomic mass is 9.40. The van der Waals surface area contributed by atoms with Crippen LogP contribution in [0.1, 0.15) is 105 Å². The van der Waals surface area contributed by atoms with Crippen LogP contribution in [0.5, 0.6) is 0 Å². The molecule has 3 saturated heterocycles. The van der Waals surface area contributed by atoms with Crippen molar-refractivity contribution in [3.05, 3.63) is 42.2 Å². The van der Waals surface area contributed by atoms with E-state index in [4.69, 9.17) is 52.1 Å². The molecule has 22 atom stereocenters. The molecule has 4 saturated carbocycles. The highest BCUT2D eigenvalue weighted by atomic mass is 16.7. The zero-order valence-electron chi connectivity index (χ0n) is 41.6. The summed E-state index contributed by atoms with van der Waals surface area (Å²) >= 11 is 0. The Balaban J connectivity index is 0.930. The topological polar surface area (TPSA) is 213 Å². The molecular formula is C52H76O17. The highest BCUT2D eigenvalue weighted by Gasteiger charge is 2.76. The van der Waals surface area contributed by atoms with Crippen LogP contribution in [0.3, 0.4) is 0 Å². The van der Waals surface area contributed by atoms with E-state index in [1.807, 2.05) is 44.2 Å². The number of methoxy groups -OCH3 is 3. The lowest BCUT2D eigenvalue weighted by Gasteiger charge is -2.66. The van der Waals surface area contributed by atoms with Crippen LogP contribution >= 0.6 is 0 Å². The van der Waals surface area contributed by atoms with Crippen molar-refractivity contribution in [1.82, 2.24) is 0 Å². The third-order valence-corrected chi connectivity index (χ3v) is 17.7. The van der Waals surface area contributed by atoms with Crippen LogP contribution in [-0.2, 0) is 66.5 Å². The Morgan fingerprint density at radius 1 is 0.754 bits per heavy atom. The lowest BCUT2D eigenvalue weighted by molar-refractivity contribution is -0.341. The van der Waals surface area contributed by atoms with Crippen molar-refractivity contribution in [3.8, 4) is 0 Å². The first-order valence-corrected chi connectivity index (χ1v) is 25.0. The fourth-order valence-electron chi connectivity index (χ4n) is 14.2. The Morgan fingerprint density at radius 3 is 2.16 bits per heavy atom. The Kier molecular flexibility index (Phi) is 16.2. The summed E-state index contributed by atoms with van der Waals surface area (Å²) in [5.74, 6) is -3.60. The molecule has 17 nitrogen and oxygen atoms in total. The molecule has 0 radical (unpaired) electrons. The Labute approximate surface area is 406 Å². The Hall–Kier alpha value is -2.91. The molecule has 4 aliphatic carbocycles. The maximum atomic E-state index is 14.6. The SMILES string of the molecule is CO[C@H]1[C@@H](O)[C@H](O[C@@H]2CO[C@@H](O[C@H]3[C@@H](OC)C[C@H](O[C@H]4CC[C@@]5(C)C(CC[C@@H]6[C@@H]5[C@H](OC(C)=O)[C@@H](C(=O)O/C=C/c5ccccc5)[C@]5(C)[C@@H](C(C)=O)CC[C@]65O)C4)O[C@@H]3C)C[C@H]2OC)O[C@H](C)[C@H]1O. The normalized spacial score (nSPS) is 46.6. The third kappa shape index (κ3) is 9.86. The molecular weight excluding hydrogens is 897 g/mol. The summed E-state index contributed by atoms with van der Waals surface area (Å²) < 4.78 is 67.3. The Morgan fingerprint density at radius 2 is 1.48 bits per heavy atom. The van der Waals surface area contributed by atoms with Gasteiger partial charge in [0, 0.05) is 58.3 Å². The van der Waals surface area contributed by atoms with Crippen molar-refractivity contribution < 1.29 is 81.8 Å². The van der Waals surface area contributed by atoms with Gasteiger partial charge >= 0.3 is 11.9 Å². The maximum Gasteiger partial charge on any atom is 0.318 e. The van der Waals surface area contributed by atoms with E-state index < -0.39 is 126 Å². The maximum absolute atomic E-state index is 14.6. The molecule has 0 aromatic heterocycles. The molecule has 7 aliphatic rings. The van der Waals surface area contributed by atoms with E-state index in [1.54, 1.807) is 27.2 Å². The number of aliphatic hydroxyl groups is 3. The number of Topliss-reactive ketones (excluding diaryl/α,β-unsaturated/α-hetero) is 1. The van der Waals surface area contributed by atoms with Gasteiger partial charge in [-0.2, -0.15) is 0 Å². The molecule has 3 aliphatic heterocycles. The van der Waals surface area contributed by atoms with E-state index in [9.17, 15) is 29.7 Å². The molecule has 386 valence electrons. The molecule has 0 bridgehead atoms. The van der Waals surface area contributed by atoms with E-state index in [0.717, 1.165) is 12.0 Å². The first kappa shape index (κ1) is 52.4. The van der Waals surface area contributed by atoms with Gasteiger partial charge in [-0.3, -0.25) is 14.4 Å². The molecule has 0 amide bonds. The van der Waals surface area contributed by atoms with Crippen molar-refractivity contribution in [2.45, 2.75) is 191 Å². The molecule has 0 spiro atoms. The predicted octanol–water partition coefficient (Wildman–Crippen LogP) is 4.88. The molecule has 3 heterocycles. The monoisotopic (exact) mass is 973 g/mol. The van der Waals surface area contributed by atoms with Crippen LogP contribution < -0.4 is 0 Å². The summed E-state index contributed by atoms with van der Waals surface area (Å²) in [6.45, 7) is 10.6. The minimum absolute atomic E-state index is 0.0923. The molecule has 1 unspecified atom stereocenters. The van der Waals surface area contributed by atoms with Crippen LogP contribution in [0.25, 0.3) is 6.08 Å². The highest BCUT2D eigenvalue weighted by molar-refractivity contribution is 5.83. The summed E-state index contributed by atoms with van der Waals surface area (Å²) in [5, 5.41) is 34.4. The largest absolute Gasteiger partial charge is 0.461 e. The number of ketones is 1. The molecule has 1 aromatic carbocycles. The zero-order valence-corrected chi connectivity index (χ0v) is 41.6. The standard InChI is InChI=1S/C52H76O17/c1-27(53)34-18-21-52(58)35-16-15-32-23-33(17-20-50(32,5)41(35)46(66-30(4)54)42(51(34,52)6)48(57)62-22-19-31-13-11-10-12-14-31)67-40-25-37(60-8)45(29(3)64-40)69-39-24-36(59-7)38(26-63-39)68-49-44(56)47(61-9)43(55)28(2)65-49/h10-14,19,22,28-29,32-47,49,55-56,58H,15-18,20-21,23-26H2,1-9H3/b22-19+/t28-,29-,32?,33+,34-,35-,36-,37+,38-,39+,40+,41-,42+,43-,44-,45-,46+,47-,49+,50+,51+,52+/m1/s1. The quantitative estimate of drug-likeness (QED) is 0.129. The molecule has 3 N–H and O–H groups in total. The Bertz CT molecular complexity index is 1970. The number of esters is 2. The van der Waals surface area contributed by atoms with Gasteiger partial charge < -0.3 is 67.4 Å². The van der Waals surface area contributed by atoms with Crippen LogP contribution in [-0.4, -0.2) is 153 Å². The highest BCUT2D eigenvalue weighted by Crippen LogP contribution is 2.71. The number of hydrogen-bond donors (Lipinski definition) is 3. The number of hydrogen-bond acceptors (Lipinski definition) is 17. The number of benzene rings is 1. The predicted molar refractivity (Wildman–Crippen MR) is 245 cm³/mol. The molecule has 69 heavy (non-hydrogen) atoms. The first-order chi connectivity index (χ1) is 32.9. The summed E-state index contributed by atoms with van der Waals surface area (Å²) in [6, 6.07) is 9.44. The van der Waals surface area contributed by atoms with Gasteiger partial charge in [-0.25, -0.2) is 0 Å². The van der Waals surface area contributed by atoms with E-state index in [-0.39, 0.29) is 30.3 Å². The van der Waals surface area contributed by atoms with Gasteiger partial charge in [0.15, 0.2) is 18.9 Å². The second kappa shape index (κ2) is 21.3. The van der Waals surface area contributed by atoms with E-state index in [2.05, 4.69) is 6.92 Å². The summed E-state index contributed by atoms with van der Waals surface area (Å²) in [4.78, 5) is 41.2. The molecule has 7 fully saturated rings. The van der Waals surface area contributed by atoms with Crippen molar-refractivity contribution in [3.63, 3.8) is 0 Å². The number of ether oxygens (including phenoxy) is 11. The van der Waals surface area contributed by atoms with Gasteiger partial charge in [0.25, 0.3) is 0 Å². The van der Waals surface area contributed by atoms with E-state index >= 15 is 0 Å². The van der Waals surface area contributed by atoms with Crippen molar-refractivity contribution >= 4 is 23.8 Å². The molecule has 1 aromatic rings. The first-order valence-electron chi connectivity index (χ1n) is 25.0. The fourth-order valence-corrected chi connectivity index (χ4v) is 14.2. The summed E-state index contributed by atoms with van der Waals surface area (Å²) in [6.07, 6.45) is -1.53. The van der Waals surface area contributed by atoms with Gasteiger partial charge in [-0.05, 0) is 94.6 Å². The minimum Gasteiger partial charge on any atom is -0.461 e. The van der Waals surface area contributed by atoms with Gasteiger partial charge in [-0.1, -0.05) is 44.2 Å². The van der Waals surface area contributed by atoms with Crippen molar-refractivity contribution in [2.75, 3.05) is 27.9 Å².